The molecule has 0 aromatic heterocycles. The molecule has 7 heteroatoms. The maximum atomic E-state index is 12.4. The van der Waals surface area contributed by atoms with Crippen molar-refractivity contribution in [2.24, 2.45) is 5.14 Å². The van der Waals surface area contributed by atoms with Gasteiger partial charge in [-0.05, 0) is 42.6 Å². The lowest BCUT2D eigenvalue weighted by molar-refractivity contribution is -0.116. The molecule has 0 bridgehead atoms. The molecule has 0 aliphatic heterocycles. The van der Waals surface area contributed by atoms with Crippen LogP contribution in [0.1, 0.15) is 6.92 Å². The summed E-state index contributed by atoms with van der Waals surface area (Å²) in [5.41, 5.74) is 1.37. The average Bonchev–Trinajstić information content (AvgIpc) is 2.61. The van der Waals surface area contributed by atoms with Gasteiger partial charge in [-0.1, -0.05) is 36.4 Å². The Bertz CT molecular complexity index is 1040. The minimum Gasteiger partial charge on any atom is -0.373 e. The number of nitrogens with one attached hydrogen (secondary N) is 2. The van der Waals surface area contributed by atoms with Crippen LogP contribution in [0.15, 0.2) is 71.6 Å². The van der Waals surface area contributed by atoms with Gasteiger partial charge < -0.3 is 10.6 Å². The molecule has 0 radical (unpaired) electrons. The highest BCUT2D eigenvalue weighted by Crippen LogP contribution is 2.23. The third-order valence-electron chi connectivity index (χ3n) is 4.01. The van der Waals surface area contributed by atoms with Crippen molar-refractivity contribution >= 4 is 38.1 Å². The molecule has 0 heterocycles. The fourth-order valence-electron chi connectivity index (χ4n) is 2.63. The second-order valence-corrected chi connectivity index (χ2v) is 7.51. The number of rotatable bonds is 5. The Labute approximate surface area is 152 Å². The van der Waals surface area contributed by atoms with Gasteiger partial charge >= 0.3 is 0 Å². The van der Waals surface area contributed by atoms with Gasteiger partial charge in [-0.25, -0.2) is 13.6 Å². The number of nitrogens with two attached hydrogens (primary N) is 1. The normalized spacial score (nSPS) is 12.5. The van der Waals surface area contributed by atoms with Crippen molar-refractivity contribution in [2.75, 3.05) is 10.6 Å². The van der Waals surface area contributed by atoms with Crippen LogP contribution in [0.5, 0.6) is 0 Å². The lowest BCUT2D eigenvalue weighted by atomic mass is 10.1. The Balaban J connectivity index is 1.72. The molecule has 1 amide bonds. The number of anilines is 2. The van der Waals surface area contributed by atoms with Crippen LogP contribution in [0.2, 0.25) is 0 Å². The highest BCUT2D eigenvalue weighted by molar-refractivity contribution is 7.89. The van der Waals surface area contributed by atoms with E-state index in [0.29, 0.717) is 5.69 Å². The summed E-state index contributed by atoms with van der Waals surface area (Å²) in [6, 6.07) is 19.0. The Morgan fingerprint density at radius 1 is 0.962 bits per heavy atom. The Morgan fingerprint density at radius 3 is 2.31 bits per heavy atom. The van der Waals surface area contributed by atoms with Crippen LogP contribution in [-0.2, 0) is 14.8 Å². The van der Waals surface area contributed by atoms with Crippen molar-refractivity contribution in [3.8, 4) is 0 Å². The van der Waals surface area contributed by atoms with E-state index in [-0.39, 0.29) is 10.8 Å². The number of carbonyl (C=O) groups is 1. The van der Waals surface area contributed by atoms with E-state index in [9.17, 15) is 13.2 Å². The Kier molecular flexibility index (Phi) is 4.92. The second-order valence-electron chi connectivity index (χ2n) is 5.95. The Hall–Kier alpha value is -2.90. The van der Waals surface area contributed by atoms with Crippen LogP contribution < -0.4 is 15.8 Å². The molecule has 1 atom stereocenters. The largest absolute Gasteiger partial charge is 0.373 e. The van der Waals surface area contributed by atoms with E-state index in [1.165, 1.54) is 24.3 Å². The molecule has 3 rings (SSSR count). The molecule has 0 fully saturated rings. The van der Waals surface area contributed by atoms with Crippen molar-refractivity contribution < 1.29 is 13.2 Å². The van der Waals surface area contributed by atoms with Crippen LogP contribution in [0.3, 0.4) is 0 Å². The average molecular weight is 369 g/mol. The molecule has 0 spiro atoms. The number of hydrogen-bond donors (Lipinski definition) is 3. The highest BCUT2D eigenvalue weighted by atomic mass is 32.2. The van der Waals surface area contributed by atoms with Crippen LogP contribution in [0, 0.1) is 0 Å². The highest BCUT2D eigenvalue weighted by Gasteiger charge is 2.14. The third-order valence-corrected chi connectivity index (χ3v) is 4.93. The SMILES string of the molecule is CC(Nc1cccc2ccccc12)C(=O)Nc1ccc(S(N)(=O)=O)cc1. The zero-order valence-electron chi connectivity index (χ0n) is 14.1. The Morgan fingerprint density at radius 2 is 1.62 bits per heavy atom. The second kappa shape index (κ2) is 7.15. The zero-order chi connectivity index (χ0) is 18.7. The number of amides is 1. The van der Waals surface area contributed by atoms with Gasteiger partial charge in [0, 0.05) is 16.8 Å². The number of carbonyl (C=O) groups excluding carboxylic acids is 1. The van der Waals surface area contributed by atoms with E-state index in [4.69, 9.17) is 5.14 Å². The fourth-order valence-corrected chi connectivity index (χ4v) is 3.14. The standard InChI is InChI=1S/C19H19N3O3S/c1-13(21-18-8-4-6-14-5-2-3-7-17(14)18)19(23)22-15-9-11-16(12-10-15)26(20,24)25/h2-13,21H,1H3,(H,22,23)(H2,20,24,25). The molecular weight excluding hydrogens is 350 g/mol. The maximum Gasteiger partial charge on any atom is 0.246 e. The maximum absolute atomic E-state index is 12.4. The van der Waals surface area contributed by atoms with Gasteiger partial charge in [-0.15, -0.1) is 0 Å². The number of hydrogen-bond acceptors (Lipinski definition) is 4. The predicted molar refractivity (Wildman–Crippen MR) is 103 cm³/mol. The summed E-state index contributed by atoms with van der Waals surface area (Å²) in [4.78, 5) is 12.4. The number of primary sulfonamides is 1. The minimum atomic E-state index is -3.75. The van der Waals surface area contributed by atoms with Crippen LogP contribution >= 0.6 is 0 Å². The quantitative estimate of drug-likeness (QED) is 0.643. The van der Waals surface area contributed by atoms with E-state index in [1.807, 2.05) is 42.5 Å². The van der Waals surface area contributed by atoms with Crippen LogP contribution in [0.25, 0.3) is 10.8 Å². The summed E-state index contributed by atoms with van der Waals surface area (Å²) >= 11 is 0. The number of fused-ring (bicyclic) bond motifs is 1. The molecule has 6 nitrogen and oxygen atoms in total. The molecule has 0 aliphatic carbocycles. The van der Waals surface area contributed by atoms with E-state index >= 15 is 0 Å². The minimum absolute atomic E-state index is 0.00238. The van der Waals surface area contributed by atoms with Gasteiger partial charge in [0.15, 0.2) is 0 Å². The summed E-state index contributed by atoms with van der Waals surface area (Å²) < 4.78 is 22.5. The third kappa shape index (κ3) is 4.01. The first-order valence-electron chi connectivity index (χ1n) is 8.02. The van der Waals surface area contributed by atoms with Gasteiger partial charge in [0.2, 0.25) is 15.9 Å². The smallest absolute Gasteiger partial charge is 0.246 e. The van der Waals surface area contributed by atoms with Crippen LogP contribution in [0.4, 0.5) is 11.4 Å². The summed E-state index contributed by atoms with van der Waals surface area (Å²) in [6.07, 6.45) is 0. The molecule has 4 N–H and O–H groups in total. The predicted octanol–water partition coefficient (Wildman–Crippen LogP) is 2.93. The topological polar surface area (TPSA) is 101 Å². The van der Waals surface area contributed by atoms with E-state index in [0.717, 1.165) is 16.5 Å². The number of benzene rings is 3. The molecule has 1 unspecified atom stereocenters. The van der Waals surface area contributed by atoms with Gasteiger partial charge in [0.25, 0.3) is 0 Å². The first-order chi connectivity index (χ1) is 12.3. The first kappa shape index (κ1) is 17.9. The zero-order valence-corrected chi connectivity index (χ0v) is 15.0. The molecule has 134 valence electrons. The fraction of sp³-hybridized carbons (Fsp3) is 0.105. The summed E-state index contributed by atoms with van der Waals surface area (Å²) in [7, 11) is -3.75. The van der Waals surface area contributed by atoms with E-state index in [2.05, 4.69) is 10.6 Å². The molecular formula is C19H19N3O3S. The van der Waals surface area contributed by atoms with Gasteiger partial charge in [-0.2, -0.15) is 0 Å². The number of sulfonamides is 1. The molecule has 26 heavy (non-hydrogen) atoms. The lowest BCUT2D eigenvalue weighted by Gasteiger charge is -2.17. The van der Waals surface area contributed by atoms with E-state index < -0.39 is 16.1 Å². The summed E-state index contributed by atoms with van der Waals surface area (Å²) in [5.74, 6) is -0.235. The lowest BCUT2D eigenvalue weighted by Crippen LogP contribution is -2.31. The molecule has 0 saturated carbocycles. The van der Waals surface area contributed by atoms with Crippen molar-refractivity contribution in [2.45, 2.75) is 17.9 Å². The molecule has 0 aliphatic rings. The summed E-state index contributed by atoms with van der Waals surface area (Å²) in [5, 5.41) is 13.1. The van der Waals surface area contributed by atoms with Crippen molar-refractivity contribution in [1.29, 1.82) is 0 Å². The first-order valence-corrected chi connectivity index (χ1v) is 9.57. The van der Waals surface area contributed by atoms with Gasteiger partial charge in [0.1, 0.15) is 6.04 Å². The van der Waals surface area contributed by atoms with Gasteiger partial charge in [0.05, 0.1) is 4.90 Å². The monoisotopic (exact) mass is 369 g/mol. The molecule has 3 aromatic rings. The van der Waals surface area contributed by atoms with Crippen molar-refractivity contribution in [3.05, 3.63) is 66.7 Å². The molecule has 0 saturated heterocycles. The van der Waals surface area contributed by atoms with Crippen molar-refractivity contribution in [1.82, 2.24) is 0 Å². The van der Waals surface area contributed by atoms with E-state index in [1.54, 1.807) is 6.92 Å². The van der Waals surface area contributed by atoms with Crippen LogP contribution in [-0.4, -0.2) is 20.4 Å². The van der Waals surface area contributed by atoms with Crippen molar-refractivity contribution in [3.63, 3.8) is 0 Å². The summed E-state index contributed by atoms with van der Waals surface area (Å²) in [6.45, 7) is 1.76. The molecule has 3 aromatic carbocycles. The van der Waals surface area contributed by atoms with Gasteiger partial charge in [-0.3, -0.25) is 4.79 Å².